The number of likely N-dealkylation sites (tertiary alicyclic amines) is 1. The first-order chi connectivity index (χ1) is 16.2. The average Bonchev–Trinajstić information content (AvgIpc) is 3.06. The van der Waals surface area contributed by atoms with E-state index in [1.807, 2.05) is 19.0 Å². The molecule has 1 heterocycles. The topological polar surface area (TPSA) is 106 Å². The maximum Gasteiger partial charge on any atom is 0.308 e. The molecule has 1 aliphatic heterocycles. The fourth-order valence-corrected chi connectivity index (χ4v) is 3.85. The molecular formula is C25H28N2O7. The Morgan fingerprint density at radius 2 is 1.71 bits per heavy atom. The van der Waals surface area contributed by atoms with E-state index >= 15 is 0 Å². The zero-order chi connectivity index (χ0) is 25.0. The Kier molecular flexibility index (Phi) is 7.57. The molecule has 1 aliphatic rings. The zero-order valence-corrected chi connectivity index (χ0v) is 19.8. The largest absolute Gasteiger partial charge is 0.507 e. The van der Waals surface area contributed by atoms with Crippen molar-refractivity contribution in [3.63, 3.8) is 0 Å². The van der Waals surface area contributed by atoms with Crippen LogP contribution in [0.1, 0.15) is 24.1 Å². The first-order valence-electron chi connectivity index (χ1n) is 10.6. The second kappa shape index (κ2) is 10.4. The van der Waals surface area contributed by atoms with E-state index in [1.54, 1.807) is 36.4 Å². The van der Waals surface area contributed by atoms with Gasteiger partial charge in [0.1, 0.15) is 11.5 Å². The number of rotatable bonds is 8. The van der Waals surface area contributed by atoms with Crippen molar-refractivity contribution in [3.05, 3.63) is 59.2 Å². The van der Waals surface area contributed by atoms with Crippen LogP contribution in [-0.2, 0) is 14.4 Å². The van der Waals surface area contributed by atoms with Gasteiger partial charge in [0, 0.05) is 20.0 Å². The number of ether oxygens (including phenoxy) is 3. The number of aliphatic hydroxyl groups is 1. The van der Waals surface area contributed by atoms with E-state index < -0.39 is 23.7 Å². The van der Waals surface area contributed by atoms with Crippen LogP contribution in [0, 0.1) is 0 Å². The summed E-state index contributed by atoms with van der Waals surface area (Å²) in [5.74, 6) is -1.63. The summed E-state index contributed by atoms with van der Waals surface area (Å²) < 4.78 is 15.9. The van der Waals surface area contributed by atoms with Gasteiger partial charge in [-0.25, -0.2) is 0 Å². The SMILES string of the molecule is COc1ccc(C2/C(=C(/O)c3ccccc3OC)C(=O)C(=O)N2CCN(C)C)cc1OC(C)=O. The number of hydrogen-bond donors (Lipinski definition) is 1. The number of Topliss-reactive ketones (excluding diaryl/α,β-unsaturated/α-hetero) is 1. The molecular weight excluding hydrogens is 440 g/mol. The van der Waals surface area contributed by atoms with Crippen molar-refractivity contribution in [2.75, 3.05) is 41.4 Å². The molecule has 34 heavy (non-hydrogen) atoms. The van der Waals surface area contributed by atoms with Crippen molar-refractivity contribution in [1.82, 2.24) is 9.80 Å². The van der Waals surface area contributed by atoms with Crippen LogP contribution in [0.5, 0.6) is 17.2 Å². The van der Waals surface area contributed by atoms with Crippen molar-refractivity contribution in [2.45, 2.75) is 13.0 Å². The maximum atomic E-state index is 13.2. The summed E-state index contributed by atoms with van der Waals surface area (Å²) in [6.07, 6.45) is 0. The lowest BCUT2D eigenvalue weighted by Crippen LogP contribution is -2.35. The minimum Gasteiger partial charge on any atom is -0.507 e. The monoisotopic (exact) mass is 468 g/mol. The number of amides is 1. The Hall–Kier alpha value is -3.85. The number of ketones is 1. The van der Waals surface area contributed by atoms with Gasteiger partial charge >= 0.3 is 5.97 Å². The normalized spacial score (nSPS) is 17.2. The van der Waals surface area contributed by atoms with Gasteiger partial charge in [0.2, 0.25) is 0 Å². The Bertz CT molecular complexity index is 1140. The smallest absolute Gasteiger partial charge is 0.308 e. The van der Waals surface area contributed by atoms with E-state index in [4.69, 9.17) is 14.2 Å². The van der Waals surface area contributed by atoms with Gasteiger partial charge in [-0.2, -0.15) is 0 Å². The highest BCUT2D eigenvalue weighted by Gasteiger charge is 2.46. The summed E-state index contributed by atoms with van der Waals surface area (Å²) >= 11 is 0. The van der Waals surface area contributed by atoms with E-state index in [-0.39, 0.29) is 29.2 Å². The molecule has 1 amide bonds. The standard InChI is InChI=1S/C25H28N2O7/c1-15(28)34-20-14-16(10-11-19(20)33-5)22-21(23(29)17-8-6-7-9-18(17)32-4)24(30)25(31)27(22)13-12-26(2)3/h6-11,14,22,29H,12-13H2,1-5H3/b23-21-. The molecule has 0 aliphatic carbocycles. The zero-order valence-electron chi connectivity index (χ0n) is 19.8. The summed E-state index contributed by atoms with van der Waals surface area (Å²) in [5.41, 5.74) is 0.688. The Morgan fingerprint density at radius 1 is 1.03 bits per heavy atom. The molecule has 0 aromatic heterocycles. The Labute approximate surface area is 198 Å². The van der Waals surface area contributed by atoms with Crippen LogP contribution >= 0.6 is 0 Å². The van der Waals surface area contributed by atoms with Crippen molar-refractivity contribution < 1.29 is 33.7 Å². The first kappa shape index (κ1) is 24.8. The van der Waals surface area contributed by atoms with Crippen LogP contribution < -0.4 is 14.2 Å². The molecule has 1 N–H and O–H groups in total. The van der Waals surface area contributed by atoms with E-state index in [1.165, 1.54) is 32.1 Å². The summed E-state index contributed by atoms with van der Waals surface area (Å²) in [4.78, 5) is 41.1. The number of carbonyl (C=O) groups is 3. The highest BCUT2D eigenvalue weighted by atomic mass is 16.6. The molecule has 1 saturated heterocycles. The number of esters is 1. The molecule has 2 aromatic rings. The molecule has 180 valence electrons. The van der Waals surface area contributed by atoms with Crippen molar-refractivity contribution in [3.8, 4) is 17.2 Å². The highest BCUT2D eigenvalue weighted by molar-refractivity contribution is 6.46. The molecule has 9 nitrogen and oxygen atoms in total. The predicted molar refractivity (Wildman–Crippen MR) is 125 cm³/mol. The number of para-hydroxylation sites is 1. The lowest BCUT2D eigenvalue weighted by atomic mass is 9.94. The van der Waals surface area contributed by atoms with E-state index in [2.05, 4.69) is 0 Å². The number of carbonyl (C=O) groups excluding carboxylic acids is 3. The van der Waals surface area contributed by atoms with Crippen molar-refractivity contribution in [2.24, 2.45) is 0 Å². The molecule has 2 aromatic carbocycles. The fraction of sp³-hybridized carbons (Fsp3) is 0.320. The number of methoxy groups -OCH3 is 2. The average molecular weight is 469 g/mol. The summed E-state index contributed by atoms with van der Waals surface area (Å²) in [5, 5.41) is 11.2. The Balaban J connectivity index is 2.23. The van der Waals surface area contributed by atoms with Crippen LogP contribution in [0.4, 0.5) is 0 Å². The van der Waals surface area contributed by atoms with Crippen LogP contribution in [-0.4, -0.2) is 74.0 Å². The van der Waals surface area contributed by atoms with Crippen LogP contribution in [0.25, 0.3) is 5.76 Å². The van der Waals surface area contributed by atoms with Gasteiger partial charge in [-0.15, -0.1) is 0 Å². The van der Waals surface area contributed by atoms with Gasteiger partial charge < -0.3 is 29.1 Å². The number of aliphatic hydroxyl groups excluding tert-OH is 1. The fourth-order valence-electron chi connectivity index (χ4n) is 3.85. The Morgan fingerprint density at radius 3 is 2.32 bits per heavy atom. The minimum absolute atomic E-state index is 0.0767. The van der Waals surface area contributed by atoms with Gasteiger partial charge in [-0.1, -0.05) is 18.2 Å². The molecule has 1 atom stereocenters. The lowest BCUT2D eigenvalue weighted by Gasteiger charge is -2.27. The number of benzene rings is 2. The van der Waals surface area contributed by atoms with Gasteiger partial charge in [0.25, 0.3) is 11.7 Å². The van der Waals surface area contributed by atoms with Crippen molar-refractivity contribution in [1.29, 1.82) is 0 Å². The molecule has 1 fully saturated rings. The lowest BCUT2D eigenvalue weighted by molar-refractivity contribution is -0.140. The van der Waals surface area contributed by atoms with Gasteiger partial charge in [-0.05, 0) is 43.9 Å². The molecule has 9 heteroatoms. The van der Waals surface area contributed by atoms with Gasteiger partial charge in [0.05, 0.1) is 31.4 Å². The molecule has 0 saturated carbocycles. The van der Waals surface area contributed by atoms with E-state index in [9.17, 15) is 19.5 Å². The highest BCUT2D eigenvalue weighted by Crippen LogP contribution is 2.42. The third-order valence-electron chi connectivity index (χ3n) is 5.45. The summed E-state index contributed by atoms with van der Waals surface area (Å²) in [7, 11) is 6.60. The van der Waals surface area contributed by atoms with Crippen LogP contribution in [0.2, 0.25) is 0 Å². The third kappa shape index (κ3) is 4.89. The number of hydrogen-bond acceptors (Lipinski definition) is 8. The second-order valence-electron chi connectivity index (χ2n) is 8.00. The quantitative estimate of drug-likeness (QED) is 0.207. The molecule has 3 rings (SSSR count). The number of likely N-dealkylation sites (N-methyl/N-ethyl adjacent to an activating group) is 1. The molecule has 0 radical (unpaired) electrons. The van der Waals surface area contributed by atoms with Crippen molar-refractivity contribution >= 4 is 23.4 Å². The van der Waals surface area contributed by atoms with E-state index in [0.29, 0.717) is 23.6 Å². The first-order valence-corrected chi connectivity index (χ1v) is 10.6. The van der Waals surface area contributed by atoms with Gasteiger partial charge in [-0.3, -0.25) is 14.4 Å². The molecule has 1 unspecified atom stereocenters. The van der Waals surface area contributed by atoms with Gasteiger partial charge in [0.15, 0.2) is 11.5 Å². The maximum absolute atomic E-state index is 13.2. The number of nitrogens with zero attached hydrogens (tertiary/aromatic N) is 2. The summed E-state index contributed by atoms with van der Waals surface area (Å²) in [6, 6.07) is 10.6. The van der Waals surface area contributed by atoms with E-state index in [0.717, 1.165) is 0 Å². The molecule has 0 bridgehead atoms. The third-order valence-corrected chi connectivity index (χ3v) is 5.45. The second-order valence-corrected chi connectivity index (χ2v) is 8.00. The van der Waals surface area contributed by atoms with Crippen LogP contribution in [0.3, 0.4) is 0 Å². The molecule has 0 spiro atoms. The predicted octanol–water partition coefficient (Wildman–Crippen LogP) is 2.61. The minimum atomic E-state index is -0.912. The summed E-state index contributed by atoms with van der Waals surface area (Å²) in [6.45, 7) is 1.99. The van der Waals surface area contributed by atoms with Crippen LogP contribution in [0.15, 0.2) is 48.0 Å².